The van der Waals surface area contributed by atoms with E-state index in [9.17, 15) is 14.9 Å². The molecule has 21 nitrogen and oxygen atoms in total. The van der Waals surface area contributed by atoms with Crippen LogP contribution < -0.4 is 20.5 Å². The molecule has 5 saturated heterocycles. The Hall–Kier alpha value is -6.31. The van der Waals surface area contributed by atoms with Crippen LogP contribution in [0.2, 0.25) is 5.28 Å². The first-order chi connectivity index (χ1) is 40.6. The Morgan fingerprint density at radius 2 is 1.74 bits per heavy atom. The van der Waals surface area contributed by atoms with E-state index in [1.54, 1.807) is 16.9 Å². The third-order valence-corrected chi connectivity index (χ3v) is 19.9. The van der Waals surface area contributed by atoms with E-state index in [0.717, 1.165) is 103 Å². The van der Waals surface area contributed by atoms with Crippen molar-refractivity contribution in [2.75, 3.05) is 89.0 Å². The molecule has 12 rings (SSSR count). The Labute approximate surface area is 497 Å². The summed E-state index contributed by atoms with van der Waals surface area (Å²) in [5, 5.41) is 15.8. The molecule has 4 aromatic rings. The molecular weight excluding hydrogens is 1090 g/mol. The van der Waals surface area contributed by atoms with Crippen LogP contribution in [0.5, 0.6) is 0 Å². The summed E-state index contributed by atoms with van der Waals surface area (Å²) < 4.78 is 22.5. The number of fused-ring (bicyclic) bond motifs is 7. The van der Waals surface area contributed by atoms with Crippen LogP contribution in [0, 0.1) is 34.5 Å². The first-order valence-corrected chi connectivity index (χ1v) is 31.3. The fourth-order valence-corrected chi connectivity index (χ4v) is 15.2. The summed E-state index contributed by atoms with van der Waals surface area (Å²) in [5.41, 5.74) is 9.94. The van der Waals surface area contributed by atoms with Crippen LogP contribution in [0.1, 0.15) is 116 Å². The summed E-state index contributed by atoms with van der Waals surface area (Å²) in [4.78, 5) is 93.9. The summed E-state index contributed by atoms with van der Waals surface area (Å²) in [6, 6.07) is 7.90. The van der Waals surface area contributed by atoms with E-state index in [2.05, 4.69) is 93.0 Å². The van der Waals surface area contributed by atoms with Crippen molar-refractivity contribution in [3.8, 4) is 17.3 Å². The minimum absolute atomic E-state index is 0.0156. The van der Waals surface area contributed by atoms with Gasteiger partial charge in [0.15, 0.2) is 0 Å². The van der Waals surface area contributed by atoms with E-state index in [-0.39, 0.29) is 61.7 Å². The standard InChI is InChI=1S/C62H82ClN13O8/c1-6-72-50-16-15-42-30-45(50)47(55(72)46-31-43(34-66-53(46)38(2)82-5)70-26-24-69(25-27-70)41-13-14-41)33-62(3,4)37-84-59(80)48-12-9-21-76(68-48)57(78)49(32-44-36-71(42)28-29-83-44)67-56(77)54(39-10-7-8-11-39)73-22-18-40-35-75(51(17-19-64)52(40)58(73)79)61(81)74-23-20-65-60(74)63/h15-16,20,23,30-31,34,38-41,44,48-49,51-52,54,68H,6-14,17-18,21-22,24-29,32-33,35-37H2,1-5H3,(H,67,77)/t38-,40?,44-,48-,49-,51?,52?,54-/m0/s1. The smallest absolute Gasteiger partial charge is 0.330 e. The van der Waals surface area contributed by atoms with Gasteiger partial charge in [0.1, 0.15) is 18.1 Å². The van der Waals surface area contributed by atoms with E-state index >= 15 is 14.4 Å². The number of likely N-dealkylation sites (tertiary alicyclic amines) is 2. The van der Waals surface area contributed by atoms with Gasteiger partial charge in [-0.05, 0) is 118 Å². The van der Waals surface area contributed by atoms with Gasteiger partial charge < -0.3 is 43.7 Å². The number of methoxy groups -OCH3 is 1. The maximum atomic E-state index is 15.4. The van der Waals surface area contributed by atoms with Gasteiger partial charge in [0.05, 0.1) is 73.1 Å². The van der Waals surface area contributed by atoms with E-state index in [0.29, 0.717) is 58.5 Å². The van der Waals surface area contributed by atoms with Crippen molar-refractivity contribution in [1.82, 2.24) is 49.6 Å². The number of carbonyl (C=O) groups excluding carboxylic acids is 5. The fraction of sp³-hybridized carbons (Fsp3) is 0.645. The van der Waals surface area contributed by atoms with Crippen LogP contribution in [0.4, 0.5) is 16.2 Å². The molecule has 3 unspecified atom stereocenters. The maximum Gasteiger partial charge on any atom is 0.330 e. The second kappa shape index (κ2) is 24.2. The number of nitrogens with zero attached hydrogens (tertiary/aromatic N) is 11. The summed E-state index contributed by atoms with van der Waals surface area (Å²) in [5.74, 6) is -2.69. The monoisotopic (exact) mass is 1170 g/mol. The lowest BCUT2D eigenvalue weighted by Gasteiger charge is -2.43. The lowest BCUT2D eigenvalue weighted by Crippen LogP contribution is -2.64. The van der Waals surface area contributed by atoms with E-state index in [1.165, 1.54) is 34.8 Å². The van der Waals surface area contributed by atoms with Crippen LogP contribution in [-0.4, -0.2) is 184 Å². The number of cyclic esters (lactones) is 1. The summed E-state index contributed by atoms with van der Waals surface area (Å²) in [6.07, 6.45) is 12.0. The Kier molecular flexibility index (Phi) is 16.7. The van der Waals surface area contributed by atoms with E-state index in [1.807, 2.05) is 6.20 Å². The van der Waals surface area contributed by atoms with Gasteiger partial charge in [-0.1, -0.05) is 26.7 Å². The molecule has 0 spiro atoms. The highest BCUT2D eigenvalue weighted by Crippen LogP contribution is 2.45. The van der Waals surface area contributed by atoms with Gasteiger partial charge in [-0.3, -0.25) is 34.1 Å². The summed E-state index contributed by atoms with van der Waals surface area (Å²) >= 11 is 6.29. The fourth-order valence-electron chi connectivity index (χ4n) is 15.0. The third kappa shape index (κ3) is 11.4. The normalized spacial score (nSPS) is 27.1. The van der Waals surface area contributed by atoms with Gasteiger partial charge in [0.25, 0.3) is 5.91 Å². The van der Waals surface area contributed by atoms with Crippen LogP contribution in [0.3, 0.4) is 0 Å². The van der Waals surface area contributed by atoms with Crippen LogP contribution in [0.25, 0.3) is 22.2 Å². The van der Waals surface area contributed by atoms with Gasteiger partial charge in [0, 0.05) is 125 Å². The number of nitrogens with one attached hydrogen (secondary N) is 2. The Bertz CT molecular complexity index is 3180. The number of hydrogen-bond donors (Lipinski definition) is 2. The number of piperidine rings is 1. The highest BCUT2D eigenvalue weighted by molar-refractivity contribution is 6.29. The zero-order chi connectivity index (χ0) is 58.6. The minimum atomic E-state index is -1.10. The molecular formula is C62H82ClN13O8. The zero-order valence-electron chi connectivity index (χ0n) is 49.3. The van der Waals surface area contributed by atoms with Gasteiger partial charge in [0.2, 0.25) is 17.1 Å². The number of morpholine rings is 1. The van der Waals surface area contributed by atoms with Crippen molar-refractivity contribution in [3.63, 3.8) is 0 Å². The number of anilines is 2. The second-order valence-electron chi connectivity index (χ2n) is 25.6. The number of amides is 4. The molecule has 9 heterocycles. The van der Waals surface area contributed by atoms with Gasteiger partial charge in [-0.15, -0.1) is 0 Å². The lowest BCUT2D eigenvalue weighted by molar-refractivity contribution is -0.156. The largest absolute Gasteiger partial charge is 0.464 e. The number of imidazole rings is 1. The SMILES string of the molecule is CCn1c(-c2cc(N3CCN(C4CC4)CC3)cnc2[C@H](C)OC)c2c3cc(ccc31)N1CCO[C@@H](C[C@H](NC(=O)[C@H](C3CCCC3)N3CCC4CN(C(=O)n5ccnc5Cl)C(CC#N)C4C3=O)C(=O)N3CCC[C@H](N3)C(=O)OCC(C)(C)C2)C1. The number of hydrazine groups is 1. The Morgan fingerprint density at radius 3 is 2.46 bits per heavy atom. The highest BCUT2D eigenvalue weighted by atomic mass is 35.5. The predicted molar refractivity (Wildman–Crippen MR) is 316 cm³/mol. The number of carbonyl (C=O) groups is 5. The molecule has 8 atom stereocenters. The van der Waals surface area contributed by atoms with Crippen molar-refractivity contribution in [1.29, 1.82) is 5.26 Å². The Balaban J connectivity index is 0.874. The lowest BCUT2D eigenvalue weighted by atomic mass is 9.81. The molecule has 7 fully saturated rings. The molecule has 6 bridgehead atoms. The third-order valence-electron chi connectivity index (χ3n) is 19.6. The number of pyridine rings is 1. The van der Waals surface area contributed by atoms with Crippen molar-refractivity contribution >= 4 is 63.6 Å². The molecule has 84 heavy (non-hydrogen) atoms. The molecule has 2 saturated carbocycles. The van der Waals surface area contributed by atoms with Crippen LogP contribution in [0.15, 0.2) is 42.9 Å². The number of ether oxygens (including phenoxy) is 3. The first-order valence-electron chi connectivity index (χ1n) is 30.9. The molecule has 3 aromatic heterocycles. The van der Waals surface area contributed by atoms with Gasteiger partial charge >= 0.3 is 12.0 Å². The van der Waals surface area contributed by atoms with Crippen molar-refractivity contribution in [2.24, 2.45) is 23.2 Å². The number of piperazine rings is 1. The maximum absolute atomic E-state index is 15.4. The van der Waals surface area contributed by atoms with Gasteiger partial charge in [-0.2, -0.15) is 5.26 Å². The number of aryl methyl sites for hydroxylation is 1. The van der Waals surface area contributed by atoms with Crippen LogP contribution in [-0.2, 0) is 46.4 Å². The second-order valence-corrected chi connectivity index (χ2v) is 25.9. The first kappa shape index (κ1) is 58.1. The topological polar surface area (TPSA) is 216 Å². The molecule has 0 radical (unpaired) electrons. The number of nitriles is 1. The number of aromatic nitrogens is 4. The number of rotatable bonds is 11. The average Bonchev–Trinajstić information content (AvgIpc) is 1.81. The number of hydrogen-bond acceptors (Lipinski definition) is 15. The number of halogens is 1. The van der Waals surface area contributed by atoms with E-state index in [4.69, 9.17) is 30.8 Å². The predicted octanol–water partition coefficient (Wildman–Crippen LogP) is 6.56. The molecule has 2 N–H and O–H groups in total. The molecule has 450 valence electrons. The molecule has 1 aromatic carbocycles. The number of esters is 1. The molecule has 22 heteroatoms. The average molecular weight is 1170 g/mol. The van der Waals surface area contributed by atoms with Crippen molar-refractivity contribution < 1.29 is 38.2 Å². The summed E-state index contributed by atoms with van der Waals surface area (Å²) in [6.45, 7) is 15.5. The molecule has 6 aliphatic heterocycles. The van der Waals surface area contributed by atoms with E-state index < -0.39 is 65.4 Å². The quantitative estimate of drug-likeness (QED) is 0.152. The molecule has 4 amide bonds. The minimum Gasteiger partial charge on any atom is -0.464 e. The number of benzene rings is 1. The van der Waals surface area contributed by atoms with Crippen molar-refractivity contribution in [2.45, 2.75) is 154 Å². The van der Waals surface area contributed by atoms with Crippen LogP contribution >= 0.6 is 11.6 Å². The van der Waals surface area contributed by atoms with Gasteiger partial charge in [-0.25, -0.2) is 19.8 Å². The molecule has 8 aliphatic rings. The van der Waals surface area contributed by atoms with Crippen molar-refractivity contribution in [3.05, 3.63) is 59.4 Å². The zero-order valence-corrected chi connectivity index (χ0v) is 50.1. The molecule has 2 aliphatic carbocycles. The highest BCUT2D eigenvalue weighted by Gasteiger charge is 2.54. The summed E-state index contributed by atoms with van der Waals surface area (Å²) in [7, 11) is 1.73. The Morgan fingerprint density at radius 1 is 0.940 bits per heavy atom.